The molecular formula is C24H32ClN5O4Si. The van der Waals surface area contributed by atoms with Crippen molar-refractivity contribution in [3.63, 3.8) is 0 Å². The number of aromatic nitrogens is 1. The number of nitrogens with zero attached hydrogens (tertiary/aromatic N) is 1. The third kappa shape index (κ3) is 6.99. The van der Waals surface area contributed by atoms with Crippen molar-refractivity contribution in [1.82, 2.24) is 20.9 Å². The van der Waals surface area contributed by atoms with Gasteiger partial charge in [-0.15, -0.1) is 0 Å². The molecule has 2 heterocycles. The lowest BCUT2D eigenvalue weighted by Gasteiger charge is -2.27. The number of nitrogens with one attached hydrogen (secondary N) is 4. The average Bonchev–Trinajstić information content (AvgIpc) is 3.22. The van der Waals surface area contributed by atoms with Crippen molar-refractivity contribution in [2.24, 2.45) is 5.92 Å². The number of aromatic amines is 1. The van der Waals surface area contributed by atoms with Gasteiger partial charge in [0.25, 0.3) is 5.91 Å². The van der Waals surface area contributed by atoms with Crippen LogP contribution in [0.4, 0.5) is 0 Å². The molecule has 3 rings (SSSR count). The van der Waals surface area contributed by atoms with E-state index >= 15 is 0 Å². The molecule has 35 heavy (non-hydrogen) atoms. The number of carbonyl (C=O) groups is 3. The van der Waals surface area contributed by atoms with Crippen molar-refractivity contribution < 1.29 is 19.1 Å². The van der Waals surface area contributed by atoms with E-state index in [2.05, 4.69) is 46.6 Å². The van der Waals surface area contributed by atoms with Crippen LogP contribution in [-0.4, -0.2) is 56.5 Å². The van der Waals surface area contributed by atoms with Crippen molar-refractivity contribution in [3.05, 3.63) is 28.9 Å². The Morgan fingerprint density at radius 3 is 2.66 bits per heavy atom. The number of hydrogen-bond donors (Lipinski definition) is 4. The van der Waals surface area contributed by atoms with Gasteiger partial charge in [0.2, 0.25) is 11.8 Å². The highest BCUT2D eigenvalue weighted by molar-refractivity contribution is 6.76. The summed E-state index contributed by atoms with van der Waals surface area (Å²) in [6.07, 6.45) is 1.77. The van der Waals surface area contributed by atoms with Crippen molar-refractivity contribution >= 4 is 48.3 Å². The Balaban J connectivity index is 1.76. The van der Waals surface area contributed by atoms with Crippen LogP contribution in [0.15, 0.2) is 18.2 Å². The molecule has 188 valence electrons. The molecule has 1 aromatic heterocycles. The standard InChI is InChI=1S/C24H32ClN5O4Si/c1-34-21-10-15(25)9-18-17(21)11-19(29-18)23(32)30-20(13-35(2,3)4)24(33)28-16(12-26)8-14-6-5-7-27-22(14)31/h9-11,14,16,20,29H,5-8,13H2,1-4H3,(H,27,31)(H,28,33)(H,30,32). The van der Waals surface area contributed by atoms with Gasteiger partial charge >= 0.3 is 0 Å². The molecule has 4 N–H and O–H groups in total. The fourth-order valence-electron chi connectivity index (χ4n) is 4.28. The van der Waals surface area contributed by atoms with Gasteiger partial charge in [-0.25, -0.2) is 0 Å². The van der Waals surface area contributed by atoms with E-state index in [4.69, 9.17) is 16.3 Å². The molecule has 0 aliphatic carbocycles. The zero-order valence-corrected chi connectivity index (χ0v) is 22.2. The molecule has 11 heteroatoms. The van der Waals surface area contributed by atoms with E-state index in [0.29, 0.717) is 40.7 Å². The first-order valence-corrected chi connectivity index (χ1v) is 15.7. The lowest BCUT2D eigenvalue weighted by Crippen LogP contribution is -2.52. The molecule has 1 aliphatic heterocycles. The largest absolute Gasteiger partial charge is 0.496 e. The summed E-state index contributed by atoms with van der Waals surface area (Å²) in [5.74, 6) is -0.750. The molecule has 3 atom stereocenters. The van der Waals surface area contributed by atoms with E-state index in [1.165, 1.54) is 7.11 Å². The second-order valence-corrected chi connectivity index (χ2v) is 16.1. The summed E-state index contributed by atoms with van der Waals surface area (Å²) in [4.78, 5) is 41.4. The Morgan fingerprint density at radius 2 is 2.03 bits per heavy atom. The van der Waals surface area contributed by atoms with Crippen LogP contribution in [0.3, 0.4) is 0 Å². The van der Waals surface area contributed by atoms with Gasteiger partial charge < -0.3 is 25.7 Å². The van der Waals surface area contributed by atoms with Crippen LogP contribution in [0.5, 0.6) is 5.75 Å². The highest BCUT2D eigenvalue weighted by atomic mass is 35.5. The van der Waals surface area contributed by atoms with E-state index in [1.807, 2.05) is 0 Å². The number of amides is 3. The number of fused-ring (bicyclic) bond motifs is 1. The molecular weight excluding hydrogens is 486 g/mol. The molecule has 3 amide bonds. The molecule has 9 nitrogen and oxygen atoms in total. The number of carbonyl (C=O) groups excluding carboxylic acids is 3. The number of ether oxygens (including phenoxy) is 1. The van der Waals surface area contributed by atoms with Gasteiger partial charge in [0.15, 0.2) is 0 Å². The number of nitriles is 1. The summed E-state index contributed by atoms with van der Waals surface area (Å²) in [7, 11) is -0.267. The second kappa shape index (κ2) is 11.1. The van der Waals surface area contributed by atoms with Crippen LogP contribution in [0.1, 0.15) is 29.8 Å². The minimum absolute atomic E-state index is 0.0907. The zero-order chi connectivity index (χ0) is 25.8. The number of rotatable bonds is 9. The van der Waals surface area contributed by atoms with E-state index in [-0.39, 0.29) is 23.9 Å². The van der Waals surface area contributed by atoms with Gasteiger partial charge in [0.05, 0.1) is 18.7 Å². The Labute approximate surface area is 210 Å². The van der Waals surface area contributed by atoms with E-state index in [0.717, 1.165) is 6.42 Å². The first-order valence-electron chi connectivity index (χ1n) is 11.7. The topological polar surface area (TPSA) is 136 Å². The van der Waals surface area contributed by atoms with Crippen LogP contribution in [0.2, 0.25) is 30.7 Å². The quantitative estimate of drug-likeness (QED) is 0.379. The first-order chi connectivity index (χ1) is 16.5. The Hall–Kier alpha value is -3.03. The number of piperidine rings is 1. The fourth-order valence-corrected chi connectivity index (χ4v) is 6.00. The maximum atomic E-state index is 13.2. The van der Waals surface area contributed by atoms with Gasteiger partial charge in [-0.05, 0) is 43.5 Å². The summed E-state index contributed by atoms with van der Waals surface area (Å²) in [5.41, 5.74) is 0.908. The Kier molecular flexibility index (Phi) is 8.46. The zero-order valence-electron chi connectivity index (χ0n) is 20.5. The number of methoxy groups -OCH3 is 1. The normalized spacial score (nSPS) is 17.7. The summed E-state index contributed by atoms with van der Waals surface area (Å²) in [6, 6.07) is 5.96. The van der Waals surface area contributed by atoms with Crippen LogP contribution in [0, 0.1) is 17.2 Å². The van der Waals surface area contributed by atoms with Crippen molar-refractivity contribution in [3.8, 4) is 11.8 Å². The van der Waals surface area contributed by atoms with E-state index in [9.17, 15) is 19.6 Å². The molecule has 0 bridgehead atoms. The predicted molar refractivity (Wildman–Crippen MR) is 137 cm³/mol. The average molecular weight is 518 g/mol. The summed E-state index contributed by atoms with van der Waals surface area (Å²) >= 11 is 6.13. The summed E-state index contributed by atoms with van der Waals surface area (Å²) < 4.78 is 5.36. The van der Waals surface area contributed by atoms with Crippen molar-refractivity contribution in [2.45, 2.75) is 57.0 Å². The molecule has 2 aromatic rings. The minimum atomic E-state index is -1.79. The second-order valence-electron chi connectivity index (χ2n) is 10.1. The molecule has 0 spiro atoms. The van der Waals surface area contributed by atoms with Crippen LogP contribution >= 0.6 is 11.6 Å². The smallest absolute Gasteiger partial charge is 0.268 e. The van der Waals surface area contributed by atoms with Crippen LogP contribution < -0.4 is 20.7 Å². The number of benzene rings is 1. The Bertz CT molecular complexity index is 1150. The molecule has 3 unspecified atom stereocenters. The van der Waals surface area contributed by atoms with Gasteiger partial charge in [-0.3, -0.25) is 14.4 Å². The van der Waals surface area contributed by atoms with Gasteiger partial charge in [-0.2, -0.15) is 5.26 Å². The number of H-pyrrole nitrogens is 1. The predicted octanol–water partition coefficient (Wildman–Crippen LogP) is 3.19. The van der Waals surface area contributed by atoms with Gasteiger partial charge in [0.1, 0.15) is 23.5 Å². The monoisotopic (exact) mass is 517 g/mol. The van der Waals surface area contributed by atoms with Gasteiger partial charge in [-0.1, -0.05) is 31.2 Å². The highest BCUT2D eigenvalue weighted by Crippen LogP contribution is 2.30. The van der Waals surface area contributed by atoms with Crippen molar-refractivity contribution in [2.75, 3.05) is 13.7 Å². The van der Waals surface area contributed by atoms with E-state index < -0.39 is 32.0 Å². The maximum absolute atomic E-state index is 13.2. The molecule has 1 aliphatic rings. The minimum Gasteiger partial charge on any atom is -0.496 e. The van der Waals surface area contributed by atoms with Crippen LogP contribution in [0.25, 0.3) is 10.9 Å². The summed E-state index contributed by atoms with van der Waals surface area (Å²) in [5, 5.41) is 19.2. The van der Waals surface area contributed by atoms with Crippen molar-refractivity contribution in [1.29, 1.82) is 5.26 Å². The molecule has 0 saturated carbocycles. The molecule has 1 fully saturated rings. The van der Waals surface area contributed by atoms with Crippen LogP contribution in [-0.2, 0) is 9.59 Å². The number of hydrogen-bond acceptors (Lipinski definition) is 5. The Morgan fingerprint density at radius 1 is 1.29 bits per heavy atom. The first kappa shape index (κ1) is 26.6. The third-order valence-electron chi connectivity index (χ3n) is 5.96. The third-order valence-corrected chi connectivity index (χ3v) is 7.81. The molecule has 1 aromatic carbocycles. The lowest BCUT2D eigenvalue weighted by atomic mass is 9.92. The fraction of sp³-hybridized carbons (Fsp3) is 0.500. The summed E-state index contributed by atoms with van der Waals surface area (Å²) in [6.45, 7) is 6.94. The highest BCUT2D eigenvalue weighted by Gasteiger charge is 2.31. The number of halogens is 1. The maximum Gasteiger partial charge on any atom is 0.268 e. The molecule has 0 radical (unpaired) electrons. The van der Waals surface area contributed by atoms with Gasteiger partial charge in [0, 0.05) is 30.9 Å². The lowest BCUT2D eigenvalue weighted by molar-refractivity contribution is -0.128. The SMILES string of the molecule is COc1cc(Cl)cc2[nH]c(C(=O)NC(C[Si](C)(C)C)C(=O)NC(C#N)CC3CCCNC3=O)cc12. The molecule has 1 saturated heterocycles. The van der Waals surface area contributed by atoms with E-state index in [1.54, 1.807) is 18.2 Å².